The molecule has 1 amide bonds. The molecule has 1 saturated heterocycles. The van der Waals surface area contributed by atoms with Crippen LogP contribution < -0.4 is 10.6 Å². The molecule has 0 aliphatic carbocycles. The minimum absolute atomic E-state index is 0.0559. The number of fused-ring (bicyclic) bond motifs is 1. The maximum atomic E-state index is 13.7. The molecular formula is C26H26N4OS. The van der Waals surface area contributed by atoms with Crippen LogP contribution in [0.3, 0.4) is 0 Å². The third-order valence-electron chi connectivity index (χ3n) is 6.32. The number of amides is 1. The van der Waals surface area contributed by atoms with E-state index in [-0.39, 0.29) is 5.91 Å². The molecule has 4 aromatic rings. The van der Waals surface area contributed by atoms with Gasteiger partial charge in [0, 0.05) is 11.1 Å². The lowest BCUT2D eigenvalue weighted by Gasteiger charge is -2.36. The molecule has 0 atom stereocenters. The summed E-state index contributed by atoms with van der Waals surface area (Å²) in [6.45, 7) is 1.67. The van der Waals surface area contributed by atoms with Gasteiger partial charge in [0.25, 0.3) is 0 Å². The maximum absolute atomic E-state index is 13.7. The number of thioether (sulfide) groups is 1. The third-order valence-corrected chi connectivity index (χ3v) is 7.01. The van der Waals surface area contributed by atoms with Gasteiger partial charge in [-0.15, -0.1) is 11.8 Å². The number of nitrogens with zero attached hydrogens (tertiary/aromatic N) is 2. The Kier molecular flexibility index (Phi) is 5.72. The highest BCUT2D eigenvalue weighted by Crippen LogP contribution is 2.36. The van der Waals surface area contributed by atoms with Gasteiger partial charge in [-0.3, -0.25) is 4.79 Å². The van der Waals surface area contributed by atoms with Crippen molar-refractivity contribution in [3.05, 3.63) is 84.4 Å². The van der Waals surface area contributed by atoms with E-state index in [1.807, 2.05) is 71.6 Å². The second-order valence-electron chi connectivity index (χ2n) is 8.14. The molecule has 0 unspecified atom stereocenters. The molecule has 5 nitrogen and oxygen atoms in total. The average Bonchev–Trinajstić information content (AvgIpc) is 3.23. The van der Waals surface area contributed by atoms with Crippen LogP contribution in [0.1, 0.15) is 18.4 Å². The normalized spacial score (nSPS) is 15.5. The SMILES string of the molecule is CSc1nn(-c2ccccc2)c2cc(NC(=O)C3(c4ccccc4)CCNCC3)ccc12. The van der Waals surface area contributed by atoms with Gasteiger partial charge in [0.05, 0.1) is 16.6 Å². The van der Waals surface area contributed by atoms with Crippen LogP contribution in [0.15, 0.2) is 83.9 Å². The first-order valence-electron chi connectivity index (χ1n) is 10.9. The van der Waals surface area contributed by atoms with Crippen LogP contribution in [-0.4, -0.2) is 35.0 Å². The van der Waals surface area contributed by atoms with E-state index in [2.05, 4.69) is 28.8 Å². The van der Waals surface area contributed by atoms with E-state index in [9.17, 15) is 4.79 Å². The van der Waals surface area contributed by atoms with Crippen LogP contribution in [0.2, 0.25) is 0 Å². The van der Waals surface area contributed by atoms with Crippen LogP contribution in [0, 0.1) is 0 Å². The molecule has 1 fully saturated rings. The highest BCUT2D eigenvalue weighted by molar-refractivity contribution is 7.98. The lowest BCUT2D eigenvalue weighted by atomic mass is 9.72. The maximum Gasteiger partial charge on any atom is 0.235 e. The lowest BCUT2D eigenvalue weighted by molar-refractivity contribution is -0.122. The fourth-order valence-electron chi connectivity index (χ4n) is 4.59. The summed E-state index contributed by atoms with van der Waals surface area (Å²) in [5.74, 6) is 0.0559. The number of anilines is 1. The molecule has 162 valence electrons. The Balaban J connectivity index is 1.53. The average molecular weight is 443 g/mol. The zero-order chi connectivity index (χ0) is 22.0. The van der Waals surface area contributed by atoms with Gasteiger partial charge in [-0.1, -0.05) is 48.5 Å². The summed E-state index contributed by atoms with van der Waals surface area (Å²) >= 11 is 1.63. The summed E-state index contributed by atoms with van der Waals surface area (Å²) in [6, 6.07) is 26.3. The van der Waals surface area contributed by atoms with Crippen molar-refractivity contribution in [3.8, 4) is 5.69 Å². The summed E-state index contributed by atoms with van der Waals surface area (Å²) in [5.41, 5.74) is 3.34. The summed E-state index contributed by atoms with van der Waals surface area (Å²) < 4.78 is 1.95. The molecule has 3 aromatic carbocycles. The van der Waals surface area contributed by atoms with Crippen molar-refractivity contribution in [2.45, 2.75) is 23.3 Å². The first kappa shape index (κ1) is 20.8. The molecule has 0 bridgehead atoms. The van der Waals surface area contributed by atoms with Crippen LogP contribution in [0.25, 0.3) is 16.6 Å². The van der Waals surface area contributed by atoms with Crippen LogP contribution in [-0.2, 0) is 10.2 Å². The van der Waals surface area contributed by atoms with E-state index in [0.29, 0.717) is 0 Å². The number of para-hydroxylation sites is 1. The number of hydrogen-bond acceptors (Lipinski definition) is 4. The molecule has 2 heterocycles. The van der Waals surface area contributed by atoms with Gasteiger partial charge in [-0.2, -0.15) is 5.10 Å². The van der Waals surface area contributed by atoms with Crippen molar-refractivity contribution in [2.24, 2.45) is 0 Å². The predicted octanol–water partition coefficient (Wildman–Crippen LogP) is 5.01. The third kappa shape index (κ3) is 3.70. The Bertz CT molecular complexity index is 1230. The van der Waals surface area contributed by atoms with Gasteiger partial charge < -0.3 is 10.6 Å². The number of benzene rings is 3. The minimum atomic E-state index is -0.522. The number of carbonyl (C=O) groups is 1. The number of rotatable bonds is 5. The Morgan fingerprint density at radius 3 is 2.38 bits per heavy atom. The molecule has 6 heteroatoms. The van der Waals surface area contributed by atoms with Gasteiger partial charge in [0.15, 0.2) is 0 Å². The van der Waals surface area contributed by atoms with Gasteiger partial charge in [0.2, 0.25) is 5.91 Å². The van der Waals surface area contributed by atoms with Crippen LogP contribution in [0.4, 0.5) is 5.69 Å². The molecular weight excluding hydrogens is 416 g/mol. The number of aromatic nitrogens is 2. The molecule has 0 spiro atoms. The second kappa shape index (κ2) is 8.81. The standard InChI is InChI=1S/C26H26N4OS/c1-32-24-22-13-12-20(18-23(22)30(29-24)21-10-6-3-7-11-21)28-25(31)26(14-16-27-17-15-26)19-8-4-2-5-9-19/h2-13,18,27H,14-17H2,1H3,(H,28,31). The number of carbonyl (C=O) groups excluding carboxylic acids is 1. The minimum Gasteiger partial charge on any atom is -0.325 e. The molecule has 0 radical (unpaired) electrons. The Hall–Kier alpha value is -3.09. The highest BCUT2D eigenvalue weighted by atomic mass is 32.2. The topological polar surface area (TPSA) is 59.0 Å². The number of nitrogens with one attached hydrogen (secondary N) is 2. The molecule has 5 rings (SSSR count). The van der Waals surface area contributed by atoms with Crippen molar-refractivity contribution in [2.75, 3.05) is 24.7 Å². The van der Waals surface area contributed by atoms with E-state index in [4.69, 9.17) is 5.10 Å². The molecule has 2 N–H and O–H groups in total. The molecule has 1 aliphatic heterocycles. The van der Waals surface area contributed by atoms with Gasteiger partial charge >= 0.3 is 0 Å². The van der Waals surface area contributed by atoms with Gasteiger partial charge in [-0.05, 0) is 68.1 Å². The van der Waals surface area contributed by atoms with Crippen molar-refractivity contribution in [1.29, 1.82) is 0 Å². The Morgan fingerprint density at radius 1 is 1.00 bits per heavy atom. The quantitative estimate of drug-likeness (QED) is 0.427. The zero-order valence-electron chi connectivity index (χ0n) is 18.0. The van der Waals surface area contributed by atoms with E-state index in [1.165, 1.54) is 0 Å². The van der Waals surface area contributed by atoms with Crippen molar-refractivity contribution >= 4 is 34.3 Å². The second-order valence-corrected chi connectivity index (χ2v) is 8.94. The summed E-state index contributed by atoms with van der Waals surface area (Å²) in [7, 11) is 0. The fourth-order valence-corrected chi connectivity index (χ4v) is 5.14. The smallest absolute Gasteiger partial charge is 0.235 e. The van der Waals surface area contributed by atoms with E-state index in [1.54, 1.807) is 11.8 Å². The first-order chi connectivity index (χ1) is 15.7. The van der Waals surface area contributed by atoms with Gasteiger partial charge in [0.1, 0.15) is 5.03 Å². The van der Waals surface area contributed by atoms with Crippen molar-refractivity contribution < 1.29 is 4.79 Å². The van der Waals surface area contributed by atoms with Crippen molar-refractivity contribution in [1.82, 2.24) is 15.1 Å². The summed E-state index contributed by atoms with van der Waals surface area (Å²) in [4.78, 5) is 13.7. The lowest BCUT2D eigenvalue weighted by Crippen LogP contribution is -2.48. The molecule has 1 aromatic heterocycles. The number of hydrogen-bond donors (Lipinski definition) is 2. The Labute approximate surface area is 192 Å². The van der Waals surface area contributed by atoms with Crippen molar-refractivity contribution in [3.63, 3.8) is 0 Å². The zero-order valence-corrected chi connectivity index (χ0v) is 18.9. The fraction of sp³-hybridized carbons (Fsp3) is 0.231. The van der Waals surface area contributed by atoms with E-state index >= 15 is 0 Å². The van der Waals surface area contributed by atoms with Crippen LogP contribution in [0.5, 0.6) is 0 Å². The summed E-state index contributed by atoms with van der Waals surface area (Å²) in [5, 5.41) is 13.5. The first-order valence-corrected chi connectivity index (χ1v) is 12.1. The van der Waals surface area contributed by atoms with Crippen LogP contribution >= 0.6 is 11.8 Å². The van der Waals surface area contributed by atoms with E-state index < -0.39 is 5.41 Å². The number of piperidine rings is 1. The summed E-state index contributed by atoms with van der Waals surface area (Å²) in [6.07, 6.45) is 3.60. The Morgan fingerprint density at radius 2 is 1.69 bits per heavy atom. The molecule has 32 heavy (non-hydrogen) atoms. The molecule has 0 saturated carbocycles. The predicted molar refractivity (Wildman–Crippen MR) is 132 cm³/mol. The highest BCUT2D eigenvalue weighted by Gasteiger charge is 2.41. The monoisotopic (exact) mass is 442 g/mol. The largest absolute Gasteiger partial charge is 0.325 e. The van der Waals surface area contributed by atoms with E-state index in [0.717, 1.165) is 58.8 Å². The molecule has 1 aliphatic rings. The van der Waals surface area contributed by atoms with Gasteiger partial charge in [-0.25, -0.2) is 4.68 Å².